The van der Waals surface area contributed by atoms with Crippen LogP contribution in [-0.4, -0.2) is 22.2 Å². The van der Waals surface area contributed by atoms with Gasteiger partial charge in [0.15, 0.2) is 0 Å². The molecule has 1 fully saturated rings. The van der Waals surface area contributed by atoms with Crippen molar-refractivity contribution < 1.29 is 5.11 Å². The minimum absolute atomic E-state index is 0.179. The van der Waals surface area contributed by atoms with E-state index in [1.165, 1.54) is 6.42 Å². The number of rotatable bonds is 3. The smallest absolute Gasteiger partial charge is 0.109 e. The average molecular weight is 226 g/mol. The summed E-state index contributed by atoms with van der Waals surface area (Å²) < 4.78 is 0. The summed E-state index contributed by atoms with van der Waals surface area (Å²) in [5.41, 5.74) is 0. The summed E-state index contributed by atoms with van der Waals surface area (Å²) in [6, 6.07) is 0.500. The molecule has 1 aromatic heterocycles. The van der Waals surface area contributed by atoms with Gasteiger partial charge in [-0.15, -0.1) is 11.3 Å². The summed E-state index contributed by atoms with van der Waals surface area (Å²) >= 11 is 1.67. The predicted molar refractivity (Wildman–Crippen MR) is 61.9 cm³/mol. The SMILES string of the molecule is C[C@H](N[C@H]1CCCC[C@H]1O)c1nccs1. The van der Waals surface area contributed by atoms with Gasteiger partial charge in [-0.1, -0.05) is 12.8 Å². The van der Waals surface area contributed by atoms with Gasteiger partial charge in [0.2, 0.25) is 0 Å². The molecular weight excluding hydrogens is 208 g/mol. The minimum atomic E-state index is -0.179. The number of aliphatic hydroxyl groups excluding tert-OH is 1. The van der Waals surface area contributed by atoms with Crippen molar-refractivity contribution in [2.24, 2.45) is 0 Å². The molecule has 0 aromatic carbocycles. The summed E-state index contributed by atoms with van der Waals surface area (Å²) in [6.45, 7) is 2.11. The molecule has 0 saturated heterocycles. The molecule has 3 atom stereocenters. The Hall–Kier alpha value is -0.450. The fourth-order valence-electron chi connectivity index (χ4n) is 2.15. The predicted octanol–water partition coefficient (Wildman–Crippen LogP) is 2.10. The van der Waals surface area contributed by atoms with Crippen molar-refractivity contribution in [3.8, 4) is 0 Å². The standard InChI is InChI=1S/C11H18N2OS/c1-8(11-12-6-7-15-11)13-9-4-2-3-5-10(9)14/h6-10,13-14H,2-5H2,1H3/t8-,9-,10+/m0/s1. The van der Waals surface area contributed by atoms with Gasteiger partial charge in [-0.2, -0.15) is 0 Å². The van der Waals surface area contributed by atoms with Crippen molar-refractivity contribution in [3.63, 3.8) is 0 Å². The van der Waals surface area contributed by atoms with E-state index in [1.807, 2.05) is 11.6 Å². The van der Waals surface area contributed by atoms with Crippen molar-refractivity contribution in [1.29, 1.82) is 0 Å². The van der Waals surface area contributed by atoms with Gasteiger partial charge in [0.05, 0.1) is 12.1 Å². The van der Waals surface area contributed by atoms with Crippen molar-refractivity contribution in [2.75, 3.05) is 0 Å². The highest BCUT2D eigenvalue weighted by Gasteiger charge is 2.24. The van der Waals surface area contributed by atoms with Crippen molar-refractivity contribution >= 4 is 11.3 Å². The molecule has 1 aliphatic carbocycles. The van der Waals surface area contributed by atoms with Crippen LogP contribution >= 0.6 is 11.3 Å². The van der Waals surface area contributed by atoms with Crippen LogP contribution in [0, 0.1) is 0 Å². The molecule has 1 heterocycles. The normalized spacial score (nSPS) is 28.9. The fourth-order valence-corrected chi connectivity index (χ4v) is 2.80. The van der Waals surface area contributed by atoms with E-state index in [9.17, 15) is 5.11 Å². The Kier molecular flexibility index (Phi) is 3.72. The third-order valence-electron chi connectivity index (χ3n) is 3.02. The number of hydrogen-bond acceptors (Lipinski definition) is 4. The largest absolute Gasteiger partial charge is 0.392 e. The Labute approximate surface area is 94.5 Å². The molecule has 1 aromatic rings. The second-order valence-electron chi connectivity index (χ2n) is 4.22. The Balaban J connectivity index is 1.90. The third-order valence-corrected chi connectivity index (χ3v) is 3.97. The first-order valence-corrected chi connectivity index (χ1v) is 6.49. The van der Waals surface area contributed by atoms with Crippen LogP contribution < -0.4 is 5.32 Å². The van der Waals surface area contributed by atoms with E-state index in [0.717, 1.165) is 24.3 Å². The Morgan fingerprint density at radius 1 is 1.53 bits per heavy atom. The van der Waals surface area contributed by atoms with Gasteiger partial charge < -0.3 is 10.4 Å². The maximum Gasteiger partial charge on any atom is 0.109 e. The first kappa shape index (κ1) is 11.0. The number of nitrogens with one attached hydrogen (secondary N) is 1. The van der Waals surface area contributed by atoms with E-state index < -0.39 is 0 Å². The first-order chi connectivity index (χ1) is 7.27. The molecule has 0 unspecified atom stereocenters. The van der Waals surface area contributed by atoms with Crippen LogP contribution in [0.2, 0.25) is 0 Å². The molecule has 0 amide bonds. The van der Waals surface area contributed by atoms with Crippen LogP contribution in [0.1, 0.15) is 43.7 Å². The van der Waals surface area contributed by atoms with Gasteiger partial charge in [0.25, 0.3) is 0 Å². The number of aromatic nitrogens is 1. The van der Waals surface area contributed by atoms with E-state index >= 15 is 0 Å². The lowest BCUT2D eigenvalue weighted by atomic mass is 9.92. The zero-order valence-electron chi connectivity index (χ0n) is 9.02. The van der Waals surface area contributed by atoms with Crippen LogP contribution in [-0.2, 0) is 0 Å². The van der Waals surface area contributed by atoms with Gasteiger partial charge in [-0.05, 0) is 19.8 Å². The highest BCUT2D eigenvalue weighted by Crippen LogP contribution is 2.22. The number of hydrogen-bond donors (Lipinski definition) is 2. The molecule has 1 saturated carbocycles. The Morgan fingerprint density at radius 3 is 3.00 bits per heavy atom. The van der Waals surface area contributed by atoms with E-state index in [1.54, 1.807) is 11.3 Å². The highest BCUT2D eigenvalue weighted by molar-refractivity contribution is 7.09. The molecule has 0 aliphatic heterocycles. The van der Waals surface area contributed by atoms with Gasteiger partial charge in [0.1, 0.15) is 5.01 Å². The van der Waals surface area contributed by atoms with Crippen LogP contribution in [0.4, 0.5) is 0 Å². The molecule has 2 N–H and O–H groups in total. The number of thiazole rings is 1. The molecule has 4 heteroatoms. The second kappa shape index (κ2) is 5.05. The van der Waals surface area contributed by atoms with Crippen molar-refractivity contribution in [3.05, 3.63) is 16.6 Å². The zero-order valence-corrected chi connectivity index (χ0v) is 9.83. The van der Waals surface area contributed by atoms with E-state index in [-0.39, 0.29) is 18.2 Å². The average Bonchev–Trinajstić information content (AvgIpc) is 2.74. The van der Waals surface area contributed by atoms with Crippen LogP contribution in [0.15, 0.2) is 11.6 Å². The lowest BCUT2D eigenvalue weighted by molar-refractivity contribution is 0.0859. The summed E-state index contributed by atoms with van der Waals surface area (Å²) in [6.07, 6.45) is 6.04. The van der Waals surface area contributed by atoms with Gasteiger partial charge in [-0.25, -0.2) is 4.98 Å². The molecule has 0 bridgehead atoms. The topological polar surface area (TPSA) is 45.1 Å². The van der Waals surface area contributed by atoms with E-state index in [4.69, 9.17) is 0 Å². The van der Waals surface area contributed by atoms with Gasteiger partial charge in [-0.3, -0.25) is 0 Å². The fraction of sp³-hybridized carbons (Fsp3) is 0.727. The molecule has 2 rings (SSSR count). The van der Waals surface area contributed by atoms with E-state index in [2.05, 4.69) is 17.2 Å². The Morgan fingerprint density at radius 2 is 2.33 bits per heavy atom. The van der Waals surface area contributed by atoms with E-state index in [0.29, 0.717) is 0 Å². The molecule has 0 radical (unpaired) electrons. The minimum Gasteiger partial charge on any atom is -0.392 e. The summed E-state index contributed by atoms with van der Waals surface area (Å²) in [5, 5.41) is 16.4. The van der Waals surface area contributed by atoms with Gasteiger partial charge in [0, 0.05) is 17.6 Å². The second-order valence-corrected chi connectivity index (χ2v) is 5.14. The monoisotopic (exact) mass is 226 g/mol. The third kappa shape index (κ3) is 2.77. The lowest BCUT2D eigenvalue weighted by Gasteiger charge is -2.30. The molecular formula is C11H18N2OS. The van der Waals surface area contributed by atoms with Crippen LogP contribution in [0.5, 0.6) is 0 Å². The first-order valence-electron chi connectivity index (χ1n) is 5.61. The Bertz CT molecular complexity index is 289. The zero-order chi connectivity index (χ0) is 10.7. The number of nitrogens with zero attached hydrogens (tertiary/aromatic N) is 1. The van der Waals surface area contributed by atoms with Gasteiger partial charge >= 0.3 is 0 Å². The maximum atomic E-state index is 9.84. The summed E-state index contributed by atoms with van der Waals surface area (Å²) in [4.78, 5) is 4.28. The summed E-state index contributed by atoms with van der Waals surface area (Å²) in [5.74, 6) is 0. The van der Waals surface area contributed by atoms with Crippen molar-refractivity contribution in [2.45, 2.75) is 50.8 Å². The molecule has 0 spiro atoms. The van der Waals surface area contributed by atoms with Crippen LogP contribution in [0.25, 0.3) is 0 Å². The van der Waals surface area contributed by atoms with Crippen LogP contribution in [0.3, 0.4) is 0 Å². The molecule has 1 aliphatic rings. The molecule has 3 nitrogen and oxygen atoms in total. The maximum absolute atomic E-state index is 9.84. The highest BCUT2D eigenvalue weighted by atomic mass is 32.1. The quantitative estimate of drug-likeness (QED) is 0.829. The molecule has 15 heavy (non-hydrogen) atoms. The molecule has 84 valence electrons. The summed E-state index contributed by atoms with van der Waals surface area (Å²) in [7, 11) is 0. The van der Waals surface area contributed by atoms with Crippen molar-refractivity contribution in [1.82, 2.24) is 10.3 Å². The lowest BCUT2D eigenvalue weighted by Crippen LogP contribution is -2.43. The number of aliphatic hydroxyl groups is 1.